The van der Waals surface area contributed by atoms with Crippen LogP contribution in [0.25, 0.3) is 0 Å². The minimum absolute atomic E-state index is 0.590. The Kier molecular flexibility index (Phi) is 4.57. The molecule has 0 aliphatic rings. The molecule has 0 aromatic carbocycles. The predicted octanol–water partition coefficient (Wildman–Crippen LogP) is 1.21. The van der Waals surface area contributed by atoms with Crippen LogP contribution in [0.5, 0.6) is 0 Å². The molecule has 0 amide bonds. The Hall–Kier alpha value is 0.250. The van der Waals surface area contributed by atoms with Gasteiger partial charge >= 0.3 is 0 Å². The summed E-state index contributed by atoms with van der Waals surface area (Å²) in [5, 5.41) is 0. The van der Waals surface area contributed by atoms with Gasteiger partial charge in [0, 0.05) is 5.88 Å². The zero-order chi connectivity index (χ0) is 5.70. The number of hydrogen-bond donors (Lipinski definition) is 1. The Morgan fingerprint density at radius 1 is 1.71 bits per heavy atom. The molecule has 1 unspecified atom stereocenters. The molecule has 0 saturated heterocycles. The third-order valence-corrected chi connectivity index (χ3v) is 1.45. The summed E-state index contributed by atoms with van der Waals surface area (Å²) in [6, 6.07) is 0. The highest BCUT2D eigenvalue weighted by Crippen LogP contribution is 2.00. The summed E-state index contributed by atoms with van der Waals surface area (Å²) in [5.74, 6) is 1.32. The van der Waals surface area contributed by atoms with E-state index in [1.165, 1.54) is 0 Å². The zero-order valence-electron chi connectivity index (χ0n) is 4.65. The maximum absolute atomic E-state index is 5.48. The zero-order valence-corrected chi connectivity index (χ0v) is 5.41. The molecule has 2 heteroatoms. The van der Waals surface area contributed by atoms with Crippen molar-refractivity contribution in [1.29, 1.82) is 0 Å². The molecule has 1 nitrogen and oxygen atoms in total. The van der Waals surface area contributed by atoms with E-state index in [4.69, 9.17) is 17.3 Å². The Balaban J connectivity index is 2.83. The minimum Gasteiger partial charge on any atom is -0.330 e. The average Bonchev–Trinajstić information content (AvgIpc) is 1.68. The first-order valence-electron chi connectivity index (χ1n) is 2.57. The van der Waals surface area contributed by atoms with Gasteiger partial charge in [-0.15, -0.1) is 11.6 Å². The van der Waals surface area contributed by atoms with E-state index in [2.05, 4.69) is 6.92 Å². The molecular weight excluding hydrogens is 110 g/mol. The molecule has 44 valence electrons. The summed E-state index contributed by atoms with van der Waals surface area (Å²) in [4.78, 5) is 0. The van der Waals surface area contributed by atoms with Crippen molar-refractivity contribution in [3.05, 3.63) is 0 Å². The highest BCUT2D eigenvalue weighted by atomic mass is 35.5. The molecule has 0 aromatic rings. The van der Waals surface area contributed by atoms with Gasteiger partial charge in [-0.1, -0.05) is 6.92 Å². The Labute approximate surface area is 49.8 Å². The minimum atomic E-state index is 0.590. The Bertz CT molecular complexity index is 39.1. The van der Waals surface area contributed by atoms with Crippen molar-refractivity contribution >= 4 is 11.6 Å². The maximum atomic E-state index is 5.48. The highest BCUT2D eigenvalue weighted by molar-refractivity contribution is 6.18. The molecule has 0 heterocycles. The Morgan fingerprint density at radius 2 is 2.29 bits per heavy atom. The molecule has 0 aliphatic heterocycles. The molecule has 0 rings (SSSR count). The topological polar surface area (TPSA) is 26.0 Å². The fourth-order valence-electron chi connectivity index (χ4n) is 0.362. The normalized spacial score (nSPS) is 14.1. The van der Waals surface area contributed by atoms with E-state index in [1.807, 2.05) is 0 Å². The van der Waals surface area contributed by atoms with Crippen LogP contribution in [-0.4, -0.2) is 12.4 Å². The van der Waals surface area contributed by atoms with Crippen LogP contribution in [0.15, 0.2) is 0 Å². The second-order valence-corrected chi connectivity index (χ2v) is 2.15. The lowest BCUT2D eigenvalue weighted by Gasteiger charge is -2.01. The summed E-state index contributed by atoms with van der Waals surface area (Å²) in [5.41, 5.74) is 5.25. The highest BCUT2D eigenvalue weighted by Gasteiger charge is 1.94. The molecular formula is C5H12ClN. The monoisotopic (exact) mass is 121 g/mol. The number of rotatable bonds is 3. The van der Waals surface area contributed by atoms with E-state index in [9.17, 15) is 0 Å². The molecule has 0 bridgehead atoms. The first-order chi connectivity index (χ1) is 3.31. The molecule has 0 aliphatic carbocycles. The van der Waals surface area contributed by atoms with Crippen LogP contribution in [0, 0.1) is 5.92 Å². The van der Waals surface area contributed by atoms with Crippen molar-refractivity contribution in [2.75, 3.05) is 12.4 Å². The van der Waals surface area contributed by atoms with Gasteiger partial charge < -0.3 is 5.73 Å². The van der Waals surface area contributed by atoms with Crippen LogP contribution in [0.1, 0.15) is 13.3 Å². The lowest BCUT2D eigenvalue weighted by atomic mass is 10.1. The summed E-state index contributed by atoms with van der Waals surface area (Å²) < 4.78 is 0. The van der Waals surface area contributed by atoms with E-state index in [-0.39, 0.29) is 0 Å². The van der Waals surface area contributed by atoms with Gasteiger partial charge in [0.05, 0.1) is 0 Å². The average molecular weight is 122 g/mol. The standard InChI is InChI=1S/C5H12ClN/c1-5(4-6)2-3-7/h5H,2-4,7H2,1H3. The van der Waals surface area contributed by atoms with Gasteiger partial charge in [-0.25, -0.2) is 0 Å². The fourth-order valence-corrected chi connectivity index (χ4v) is 0.516. The van der Waals surface area contributed by atoms with Crippen molar-refractivity contribution in [2.45, 2.75) is 13.3 Å². The van der Waals surface area contributed by atoms with Gasteiger partial charge in [-0.05, 0) is 18.9 Å². The van der Waals surface area contributed by atoms with Crippen molar-refractivity contribution in [1.82, 2.24) is 0 Å². The lowest BCUT2D eigenvalue weighted by Crippen LogP contribution is -2.06. The Morgan fingerprint density at radius 3 is 2.43 bits per heavy atom. The third-order valence-electron chi connectivity index (χ3n) is 0.923. The first-order valence-corrected chi connectivity index (χ1v) is 3.10. The summed E-state index contributed by atoms with van der Waals surface area (Å²) in [7, 11) is 0. The molecule has 0 spiro atoms. The van der Waals surface area contributed by atoms with Gasteiger partial charge in [0.2, 0.25) is 0 Å². The molecule has 0 aromatic heterocycles. The number of nitrogens with two attached hydrogens (primary N) is 1. The van der Waals surface area contributed by atoms with E-state index >= 15 is 0 Å². The van der Waals surface area contributed by atoms with Crippen molar-refractivity contribution < 1.29 is 0 Å². The van der Waals surface area contributed by atoms with E-state index < -0.39 is 0 Å². The quantitative estimate of drug-likeness (QED) is 0.558. The predicted molar refractivity (Wildman–Crippen MR) is 33.6 cm³/mol. The van der Waals surface area contributed by atoms with Crippen LogP contribution in [0.2, 0.25) is 0 Å². The fraction of sp³-hybridized carbons (Fsp3) is 1.00. The third kappa shape index (κ3) is 4.10. The van der Waals surface area contributed by atoms with Crippen LogP contribution in [0.3, 0.4) is 0 Å². The van der Waals surface area contributed by atoms with Crippen molar-refractivity contribution in [2.24, 2.45) is 11.7 Å². The van der Waals surface area contributed by atoms with E-state index in [0.29, 0.717) is 5.92 Å². The summed E-state index contributed by atoms with van der Waals surface area (Å²) >= 11 is 5.48. The van der Waals surface area contributed by atoms with E-state index in [1.54, 1.807) is 0 Å². The number of hydrogen-bond acceptors (Lipinski definition) is 1. The molecule has 2 N–H and O–H groups in total. The van der Waals surface area contributed by atoms with Gasteiger partial charge in [-0.2, -0.15) is 0 Å². The van der Waals surface area contributed by atoms with Crippen LogP contribution >= 0.6 is 11.6 Å². The van der Waals surface area contributed by atoms with Gasteiger partial charge in [0.1, 0.15) is 0 Å². The second-order valence-electron chi connectivity index (χ2n) is 1.84. The van der Waals surface area contributed by atoms with Gasteiger partial charge in [0.25, 0.3) is 0 Å². The van der Waals surface area contributed by atoms with Crippen molar-refractivity contribution in [3.8, 4) is 0 Å². The van der Waals surface area contributed by atoms with Gasteiger partial charge in [-0.3, -0.25) is 0 Å². The molecule has 1 atom stereocenters. The lowest BCUT2D eigenvalue weighted by molar-refractivity contribution is 0.602. The molecule has 7 heavy (non-hydrogen) atoms. The van der Waals surface area contributed by atoms with Crippen molar-refractivity contribution in [3.63, 3.8) is 0 Å². The van der Waals surface area contributed by atoms with E-state index in [0.717, 1.165) is 18.8 Å². The number of alkyl halides is 1. The summed E-state index contributed by atoms with van der Waals surface area (Å²) in [6.07, 6.45) is 1.05. The molecule has 0 fully saturated rings. The second kappa shape index (κ2) is 4.41. The van der Waals surface area contributed by atoms with Crippen LogP contribution in [0.4, 0.5) is 0 Å². The van der Waals surface area contributed by atoms with Crippen LogP contribution < -0.4 is 5.73 Å². The smallest absolute Gasteiger partial charge is 0.0249 e. The SMILES string of the molecule is CC(CCl)CCN. The summed E-state index contributed by atoms with van der Waals surface area (Å²) in [6.45, 7) is 2.85. The first kappa shape index (κ1) is 7.25. The van der Waals surface area contributed by atoms with Crippen LogP contribution in [-0.2, 0) is 0 Å². The molecule has 0 radical (unpaired) electrons. The number of halogens is 1. The maximum Gasteiger partial charge on any atom is 0.0249 e. The van der Waals surface area contributed by atoms with Gasteiger partial charge in [0.15, 0.2) is 0 Å². The largest absolute Gasteiger partial charge is 0.330 e. The molecule has 0 saturated carbocycles.